The minimum Gasteiger partial charge on any atom is -0.480 e. The molecule has 206 valence electrons. The summed E-state index contributed by atoms with van der Waals surface area (Å²) in [4.78, 5) is 41.9. The quantitative estimate of drug-likeness (QED) is 0.328. The number of primary amides is 1. The number of hydrogen-bond donors (Lipinski definition) is 3. The molecule has 1 saturated heterocycles. The average molecular weight is 540 g/mol. The van der Waals surface area contributed by atoms with Gasteiger partial charge in [-0.2, -0.15) is 0 Å². The number of carbonyl (C=O) groups excluding carboxylic acids is 2. The molecular formula is C31H33N5O4. The Morgan fingerprint density at radius 1 is 0.925 bits per heavy atom. The van der Waals surface area contributed by atoms with Crippen LogP contribution in [0, 0.1) is 5.92 Å². The molecule has 0 unspecified atom stereocenters. The van der Waals surface area contributed by atoms with Crippen LogP contribution in [-0.2, 0) is 11.2 Å². The third kappa shape index (κ3) is 7.35. The zero-order chi connectivity index (χ0) is 28.5. The van der Waals surface area contributed by atoms with E-state index in [0.717, 1.165) is 37.7 Å². The van der Waals surface area contributed by atoms with Crippen molar-refractivity contribution in [1.29, 1.82) is 0 Å². The van der Waals surface area contributed by atoms with Crippen molar-refractivity contribution < 1.29 is 19.5 Å². The number of carbonyl (C=O) groups is 3. The second-order valence-electron chi connectivity index (χ2n) is 9.71. The first-order chi connectivity index (χ1) is 19.3. The molecule has 40 heavy (non-hydrogen) atoms. The van der Waals surface area contributed by atoms with E-state index in [1.807, 2.05) is 6.07 Å². The summed E-state index contributed by atoms with van der Waals surface area (Å²) in [5, 5.41) is 10.7. The van der Waals surface area contributed by atoms with Gasteiger partial charge < -0.3 is 21.5 Å². The first kappa shape index (κ1) is 28.1. The largest absolute Gasteiger partial charge is 0.480 e. The molecule has 0 aliphatic carbocycles. The van der Waals surface area contributed by atoms with Crippen LogP contribution >= 0.6 is 0 Å². The Bertz CT molecular complexity index is 1450. The number of anilines is 2. The Morgan fingerprint density at radius 3 is 2.20 bits per heavy atom. The van der Waals surface area contributed by atoms with E-state index in [-0.39, 0.29) is 6.03 Å². The number of nitrogen functional groups attached to an aromatic ring is 1. The number of carboxylic acids is 1. The number of aromatic nitrogens is 1. The van der Waals surface area contributed by atoms with Crippen molar-refractivity contribution in [1.82, 2.24) is 9.88 Å². The smallest absolute Gasteiger partial charge is 0.323 e. The highest BCUT2D eigenvalue weighted by atomic mass is 16.4. The molecule has 9 heteroatoms. The molecule has 2 heterocycles. The predicted octanol–water partition coefficient (Wildman–Crippen LogP) is 4.57. The van der Waals surface area contributed by atoms with Crippen molar-refractivity contribution in [2.75, 3.05) is 30.3 Å². The molecule has 0 atom stereocenters. The first-order valence-corrected chi connectivity index (χ1v) is 13.1. The zero-order valence-corrected chi connectivity index (χ0v) is 22.1. The molecule has 1 aromatic heterocycles. The number of para-hydroxylation sites is 1. The number of carboxylic acid groups (broad SMARTS) is 1. The van der Waals surface area contributed by atoms with Crippen LogP contribution in [0.4, 0.5) is 16.3 Å². The SMILES string of the molecule is NC(=O)N1CCC(Cc2ccccc2)CC1.Nc1nccc2ccc(C(=O)N(CC(=O)O)c3ccccc3)cc12. The molecule has 0 radical (unpaired) electrons. The highest BCUT2D eigenvalue weighted by Gasteiger charge is 2.22. The van der Waals surface area contributed by atoms with Gasteiger partial charge in [0.15, 0.2) is 0 Å². The number of benzene rings is 3. The van der Waals surface area contributed by atoms with E-state index in [0.29, 0.717) is 28.4 Å². The van der Waals surface area contributed by atoms with E-state index in [4.69, 9.17) is 16.6 Å². The van der Waals surface area contributed by atoms with Gasteiger partial charge in [-0.3, -0.25) is 14.5 Å². The van der Waals surface area contributed by atoms with Crippen LogP contribution in [0.25, 0.3) is 10.8 Å². The molecule has 5 N–H and O–H groups in total. The zero-order valence-electron chi connectivity index (χ0n) is 22.1. The number of nitrogens with zero attached hydrogens (tertiary/aromatic N) is 3. The Labute approximate surface area is 233 Å². The van der Waals surface area contributed by atoms with Gasteiger partial charge in [0.2, 0.25) is 0 Å². The lowest BCUT2D eigenvalue weighted by Gasteiger charge is -2.30. The maximum absolute atomic E-state index is 12.8. The minimum absolute atomic E-state index is 0.279. The number of rotatable bonds is 6. The second kappa shape index (κ2) is 13.2. The van der Waals surface area contributed by atoms with Gasteiger partial charge in [-0.15, -0.1) is 0 Å². The Hall–Kier alpha value is -4.92. The summed E-state index contributed by atoms with van der Waals surface area (Å²) < 4.78 is 0. The molecule has 3 aromatic carbocycles. The Kier molecular flexibility index (Phi) is 9.30. The van der Waals surface area contributed by atoms with Gasteiger partial charge in [-0.1, -0.05) is 54.6 Å². The summed E-state index contributed by atoms with van der Waals surface area (Å²) in [7, 11) is 0. The standard InChI is InChI=1S/C18H15N3O3.C13H18N2O/c19-17-15-10-13(7-6-12(15)8-9-20-17)18(24)21(11-16(22)23)14-4-2-1-3-5-14;14-13(16)15-8-6-12(7-9-15)10-11-4-2-1-3-5-11/h1-10H,11H2,(H2,19,20)(H,22,23);1-5,12H,6-10H2,(H2,14,16). The number of hydrogen-bond acceptors (Lipinski definition) is 5. The molecule has 1 aliphatic heterocycles. The first-order valence-electron chi connectivity index (χ1n) is 13.1. The van der Waals surface area contributed by atoms with Gasteiger partial charge in [0.05, 0.1) is 0 Å². The lowest BCUT2D eigenvalue weighted by Crippen LogP contribution is -2.41. The average Bonchev–Trinajstić information content (AvgIpc) is 2.97. The number of pyridine rings is 1. The summed E-state index contributed by atoms with van der Waals surface area (Å²) in [5.74, 6) is -0.479. The van der Waals surface area contributed by atoms with Gasteiger partial charge in [0.1, 0.15) is 12.4 Å². The highest BCUT2D eigenvalue weighted by molar-refractivity contribution is 6.10. The molecule has 3 amide bonds. The number of amides is 3. The number of likely N-dealkylation sites (tertiary alicyclic amines) is 1. The fourth-order valence-electron chi connectivity index (χ4n) is 4.81. The maximum Gasteiger partial charge on any atom is 0.323 e. The van der Waals surface area contributed by atoms with Crippen LogP contribution in [0.5, 0.6) is 0 Å². The molecule has 1 aliphatic rings. The minimum atomic E-state index is -1.09. The molecule has 0 bridgehead atoms. The lowest BCUT2D eigenvalue weighted by atomic mass is 9.90. The lowest BCUT2D eigenvalue weighted by molar-refractivity contribution is -0.135. The van der Waals surface area contributed by atoms with Crippen molar-refractivity contribution in [3.8, 4) is 0 Å². The van der Waals surface area contributed by atoms with Crippen molar-refractivity contribution in [3.63, 3.8) is 0 Å². The normalized spacial score (nSPS) is 13.2. The summed E-state index contributed by atoms with van der Waals surface area (Å²) >= 11 is 0. The molecule has 1 fully saturated rings. The number of nitrogens with two attached hydrogens (primary N) is 2. The topological polar surface area (TPSA) is 143 Å². The maximum atomic E-state index is 12.8. The van der Waals surface area contributed by atoms with Gasteiger partial charge >= 0.3 is 12.0 Å². The molecular weight excluding hydrogens is 506 g/mol. The summed E-state index contributed by atoms with van der Waals surface area (Å²) in [6.07, 6.45) is 4.85. The fraction of sp³-hybridized carbons (Fsp3) is 0.226. The van der Waals surface area contributed by atoms with E-state index in [2.05, 4.69) is 29.2 Å². The number of piperidine rings is 1. The van der Waals surface area contributed by atoms with Crippen LogP contribution in [0.3, 0.4) is 0 Å². The summed E-state index contributed by atoms with van der Waals surface area (Å²) in [6, 6.07) is 25.8. The molecule has 4 aromatic rings. The highest BCUT2D eigenvalue weighted by Crippen LogP contribution is 2.23. The predicted molar refractivity (Wildman–Crippen MR) is 156 cm³/mol. The van der Waals surface area contributed by atoms with Crippen molar-refractivity contribution >= 4 is 40.2 Å². The van der Waals surface area contributed by atoms with Gasteiger partial charge in [-0.05, 0) is 66.5 Å². The molecule has 5 rings (SSSR count). The van der Waals surface area contributed by atoms with E-state index in [9.17, 15) is 14.4 Å². The third-order valence-electron chi connectivity index (χ3n) is 6.94. The van der Waals surface area contributed by atoms with Crippen molar-refractivity contribution in [2.24, 2.45) is 11.7 Å². The summed E-state index contributed by atoms with van der Waals surface area (Å²) in [6.45, 7) is 1.20. The van der Waals surface area contributed by atoms with Crippen LogP contribution < -0.4 is 16.4 Å². The van der Waals surface area contributed by atoms with Gasteiger partial charge in [0, 0.05) is 35.9 Å². The fourth-order valence-corrected chi connectivity index (χ4v) is 4.81. The van der Waals surface area contributed by atoms with Crippen LogP contribution in [-0.4, -0.2) is 52.5 Å². The second-order valence-corrected chi connectivity index (χ2v) is 9.71. The van der Waals surface area contributed by atoms with E-state index >= 15 is 0 Å². The molecule has 0 spiro atoms. The Balaban J connectivity index is 0.000000201. The number of aliphatic carboxylic acids is 1. The molecule has 0 saturated carbocycles. The van der Waals surface area contributed by atoms with Gasteiger partial charge in [0.25, 0.3) is 5.91 Å². The van der Waals surface area contributed by atoms with E-state index in [1.165, 1.54) is 10.5 Å². The number of fused-ring (bicyclic) bond motifs is 1. The Morgan fingerprint density at radius 2 is 1.57 bits per heavy atom. The molecule has 9 nitrogen and oxygen atoms in total. The van der Waals surface area contributed by atoms with E-state index in [1.54, 1.807) is 65.7 Å². The van der Waals surface area contributed by atoms with Crippen molar-refractivity contribution in [3.05, 3.63) is 102 Å². The summed E-state index contributed by atoms with van der Waals surface area (Å²) in [5.41, 5.74) is 13.4. The van der Waals surface area contributed by atoms with Crippen LogP contribution in [0.15, 0.2) is 91.1 Å². The van der Waals surface area contributed by atoms with Gasteiger partial charge in [-0.25, -0.2) is 9.78 Å². The van der Waals surface area contributed by atoms with Crippen LogP contribution in [0.1, 0.15) is 28.8 Å². The van der Waals surface area contributed by atoms with E-state index < -0.39 is 18.4 Å². The third-order valence-corrected chi connectivity index (χ3v) is 6.94. The number of urea groups is 1. The monoisotopic (exact) mass is 539 g/mol. The van der Waals surface area contributed by atoms with Crippen LogP contribution in [0.2, 0.25) is 0 Å². The van der Waals surface area contributed by atoms with Crippen molar-refractivity contribution in [2.45, 2.75) is 19.3 Å².